The minimum atomic E-state index is -4.53. The van der Waals surface area contributed by atoms with E-state index in [1.165, 1.54) is 12.1 Å². The molecule has 0 spiro atoms. The smallest absolute Gasteiger partial charge is 0.416 e. The molecule has 0 saturated heterocycles. The molecule has 1 amide bonds. The van der Waals surface area contributed by atoms with Crippen molar-refractivity contribution in [1.82, 2.24) is 5.32 Å². The van der Waals surface area contributed by atoms with Crippen LogP contribution in [0.5, 0.6) is 0 Å². The highest BCUT2D eigenvalue weighted by molar-refractivity contribution is 5.97. The second-order valence-corrected chi connectivity index (χ2v) is 6.71. The van der Waals surface area contributed by atoms with Crippen molar-refractivity contribution in [3.8, 4) is 11.1 Å². The van der Waals surface area contributed by atoms with Crippen molar-refractivity contribution >= 4 is 11.9 Å². The van der Waals surface area contributed by atoms with E-state index in [2.05, 4.69) is 5.32 Å². The second-order valence-electron chi connectivity index (χ2n) is 6.71. The topological polar surface area (TPSA) is 66.4 Å². The number of hydrogen-bond donors (Lipinski definition) is 2. The molecule has 0 fully saturated rings. The van der Waals surface area contributed by atoms with Gasteiger partial charge in [-0.1, -0.05) is 60.7 Å². The first kappa shape index (κ1) is 21.1. The third-order valence-electron chi connectivity index (χ3n) is 4.55. The highest BCUT2D eigenvalue weighted by Crippen LogP contribution is 2.29. The molecule has 3 aromatic rings. The summed E-state index contributed by atoms with van der Waals surface area (Å²) in [4.78, 5) is 24.0. The number of amides is 1. The molecule has 0 heterocycles. The van der Waals surface area contributed by atoms with Crippen LogP contribution in [-0.4, -0.2) is 23.0 Å². The molecule has 0 saturated carbocycles. The number of carboxylic acid groups (broad SMARTS) is 1. The van der Waals surface area contributed by atoms with Gasteiger partial charge in [0.1, 0.15) is 6.04 Å². The van der Waals surface area contributed by atoms with Gasteiger partial charge in [0.2, 0.25) is 0 Å². The fourth-order valence-corrected chi connectivity index (χ4v) is 3.00. The Labute approximate surface area is 171 Å². The quantitative estimate of drug-likeness (QED) is 0.610. The van der Waals surface area contributed by atoms with Crippen molar-refractivity contribution in [2.45, 2.75) is 18.6 Å². The summed E-state index contributed by atoms with van der Waals surface area (Å²) in [5.74, 6) is -1.95. The monoisotopic (exact) mass is 413 g/mol. The predicted molar refractivity (Wildman–Crippen MR) is 106 cm³/mol. The zero-order chi connectivity index (χ0) is 21.7. The molecular formula is C23H18F3NO3. The lowest BCUT2D eigenvalue weighted by Gasteiger charge is -2.16. The number of hydrogen-bond acceptors (Lipinski definition) is 2. The van der Waals surface area contributed by atoms with Crippen LogP contribution in [0.2, 0.25) is 0 Å². The number of rotatable bonds is 6. The Bertz CT molecular complexity index is 1030. The second kappa shape index (κ2) is 8.82. The highest BCUT2D eigenvalue weighted by Gasteiger charge is 2.31. The van der Waals surface area contributed by atoms with E-state index in [-0.39, 0.29) is 17.5 Å². The van der Waals surface area contributed by atoms with Gasteiger partial charge in [-0.15, -0.1) is 0 Å². The summed E-state index contributed by atoms with van der Waals surface area (Å²) in [6.45, 7) is 0. The van der Waals surface area contributed by atoms with Crippen LogP contribution in [0.25, 0.3) is 11.1 Å². The standard InChI is InChI=1S/C23H18F3NO3/c24-23(25,26)19-8-4-5-15(13-19)14-20(22(29)30)27-21(28)18-11-9-17(10-12-18)16-6-2-1-3-7-16/h1-13,20H,14H2,(H,27,28)(H,29,30)/t20-/m0/s1. The van der Waals surface area contributed by atoms with Gasteiger partial charge in [0.05, 0.1) is 5.56 Å². The number of carbonyl (C=O) groups excluding carboxylic acids is 1. The van der Waals surface area contributed by atoms with Crippen LogP contribution in [0.15, 0.2) is 78.9 Å². The predicted octanol–water partition coefficient (Wildman–Crippen LogP) is 4.80. The van der Waals surface area contributed by atoms with Gasteiger partial charge in [-0.25, -0.2) is 4.79 Å². The summed E-state index contributed by atoms with van der Waals surface area (Å²) in [6.07, 6.45) is -4.80. The summed E-state index contributed by atoms with van der Waals surface area (Å²) in [5, 5.41) is 11.8. The summed E-state index contributed by atoms with van der Waals surface area (Å²) in [6, 6.07) is 19.2. The van der Waals surface area contributed by atoms with E-state index in [9.17, 15) is 27.9 Å². The lowest BCUT2D eigenvalue weighted by molar-refractivity contribution is -0.139. The number of aliphatic carboxylic acids is 1. The van der Waals surface area contributed by atoms with E-state index >= 15 is 0 Å². The van der Waals surface area contributed by atoms with E-state index in [0.29, 0.717) is 0 Å². The average molecular weight is 413 g/mol. The number of halogens is 3. The largest absolute Gasteiger partial charge is 0.480 e. The Kier molecular flexibility index (Phi) is 6.20. The van der Waals surface area contributed by atoms with Gasteiger partial charge >= 0.3 is 12.1 Å². The molecule has 0 unspecified atom stereocenters. The van der Waals surface area contributed by atoms with Crippen molar-refractivity contribution in [1.29, 1.82) is 0 Å². The maximum absolute atomic E-state index is 12.9. The minimum Gasteiger partial charge on any atom is -0.480 e. The van der Waals surface area contributed by atoms with Gasteiger partial charge in [-0.05, 0) is 34.9 Å². The first-order valence-electron chi connectivity index (χ1n) is 9.09. The molecule has 0 aliphatic heterocycles. The first-order valence-corrected chi connectivity index (χ1v) is 9.09. The minimum absolute atomic E-state index is 0.164. The zero-order valence-electron chi connectivity index (χ0n) is 15.7. The lowest BCUT2D eigenvalue weighted by atomic mass is 10.0. The van der Waals surface area contributed by atoms with Crippen LogP contribution in [0.1, 0.15) is 21.5 Å². The van der Waals surface area contributed by atoms with Gasteiger partial charge in [0, 0.05) is 12.0 Å². The Morgan fingerprint density at radius 1 is 0.867 bits per heavy atom. The zero-order valence-corrected chi connectivity index (χ0v) is 15.7. The van der Waals surface area contributed by atoms with E-state index in [0.717, 1.165) is 23.3 Å². The third-order valence-corrected chi connectivity index (χ3v) is 4.55. The highest BCUT2D eigenvalue weighted by atomic mass is 19.4. The average Bonchev–Trinajstić information content (AvgIpc) is 2.73. The third kappa shape index (κ3) is 5.26. The van der Waals surface area contributed by atoms with E-state index in [1.54, 1.807) is 24.3 Å². The molecule has 3 aromatic carbocycles. The van der Waals surface area contributed by atoms with Crippen LogP contribution in [0.4, 0.5) is 13.2 Å². The maximum Gasteiger partial charge on any atom is 0.416 e. The number of nitrogens with one attached hydrogen (secondary N) is 1. The summed E-state index contributed by atoms with van der Waals surface area (Å²) in [5.41, 5.74) is 1.41. The van der Waals surface area contributed by atoms with Crippen molar-refractivity contribution in [3.05, 3.63) is 95.6 Å². The summed E-state index contributed by atoms with van der Waals surface area (Å²) in [7, 11) is 0. The van der Waals surface area contributed by atoms with Crippen LogP contribution in [-0.2, 0) is 17.4 Å². The fourth-order valence-electron chi connectivity index (χ4n) is 3.00. The molecule has 1 atom stereocenters. The van der Waals surface area contributed by atoms with Crippen LogP contribution >= 0.6 is 0 Å². The fraction of sp³-hybridized carbons (Fsp3) is 0.130. The van der Waals surface area contributed by atoms with E-state index in [1.807, 2.05) is 30.3 Å². The molecule has 2 N–H and O–H groups in total. The number of carbonyl (C=O) groups is 2. The molecule has 4 nitrogen and oxygen atoms in total. The Morgan fingerprint density at radius 2 is 1.50 bits per heavy atom. The van der Waals surface area contributed by atoms with Crippen LogP contribution in [0, 0.1) is 0 Å². The molecule has 0 aliphatic rings. The van der Waals surface area contributed by atoms with E-state index in [4.69, 9.17) is 0 Å². The molecule has 0 aliphatic carbocycles. The number of carboxylic acids is 1. The Morgan fingerprint density at radius 3 is 2.10 bits per heavy atom. The van der Waals surface area contributed by atoms with Gasteiger partial charge in [-0.2, -0.15) is 13.2 Å². The number of alkyl halides is 3. The van der Waals surface area contributed by atoms with Crippen LogP contribution in [0.3, 0.4) is 0 Å². The van der Waals surface area contributed by atoms with E-state index < -0.39 is 29.7 Å². The molecule has 0 aromatic heterocycles. The SMILES string of the molecule is O=C(N[C@@H](Cc1cccc(C(F)(F)F)c1)C(=O)O)c1ccc(-c2ccccc2)cc1. The van der Waals surface area contributed by atoms with Crippen molar-refractivity contribution in [2.24, 2.45) is 0 Å². The first-order chi connectivity index (χ1) is 14.2. The number of benzene rings is 3. The van der Waals surface area contributed by atoms with Gasteiger partial charge in [-0.3, -0.25) is 4.79 Å². The van der Waals surface area contributed by atoms with Gasteiger partial charge in [0.25, 0.3) is 5.91 Å². The van der Waals surface area contributed by atoms with Gasteiger partial charge in [0.15, 0.2) is 0 Å². The molecule has 3 rings (SSSR count). The van der Waals surface area contributed by atoms with Crippen molar-refractivity contribution in [2.75, 3.05) is 0 Å². The molecule has 0 bridgehead atoms. The molecular weight excluding hydrogens is 395 g/mol. The molecule has 0 radical (unpaired) electrons. The molecule has 30 heavy (non-hydrogen) atoms. The lowest BCUT2D eigenvalue weighted by Crippen LogP contribution is -2.42. The Balaban J connectivity index is 1.72. The van der Waals surface area contributed by atoms with Crippen molar-refractivity contribution in [3.63, 3.8) is 0 Å². The Hall–Kier alpha value is -3.61. The normalized spacial score (nSPS) is 12.2. The van der Waals surface area contributed by atoms with Crippen LogP contribution < -0.4 is 5.32 Å². The van der Waals surface area contributed by atoms with Crippen molar-refractivity contribution < 1.29 is 27.9 Å². The molecule has 154 valence electrons. The summed E-state index contributed by atoms with van der Waals surface area (Å²) < 4.78 is 38.6. The molecule has 7 heteroatoms. The van der Waals surface area contributed by atoms with Gasteiger partial charge < -0.3 is 10.4 Å². The maximum atomic E-state index is 12.9. The summed E-state index contributed by atoms with van der Waals surface area (Å²) >= 11 is 0.